The van der Waals surface area contributed by atoms with Gasteiger partial charge in [-0.25, -0.2) is 4.79 Å². The number of carbonyl (C=O) groups is 7. The van der Waals surface area contributed by atoms with Gasteiger partial charge in [-0.15, -0.1) is 0 Å². The number of Topliss-reactive ketones (excluding diaryl/α,β-unsaturated/α-hetero) is 3. The summed E-state index contributed by atoms with van der Waals surface area (Å²) in [6.45, 7) is 26.9. The summed E-state index contributed by atoms with van der Waals surface area (Å²) in [4.78, 5) is 88.8. The van der Waals surface area contributed by atoms with E-state index in [1.807, 2.05) is 34.6 Å². The smallest absolute Gasteiger partial charge is 0.410 e. The fraction of sp³-hybridized carbons (Fsp3) is 0.901. The molecule has 1 saturated heterocycles. The molecule has 2 rings (SSSR count). The molecule has 1 saturated carbocycles. The van der Waals surface area contributed by atoms with Gasteiger partial charge in [-0.05, 0) is 63.2 Å². The Balaban J connectivity index is -0.00000124. The molecule has 0 aromatic carbocycles. The number of ketones is 3. The number of nitrogens with zero attached hydrogens (tertiary/aromatic N) is 1. The lowest BCUT2D eigenvalue weighted by molar-refractivity contribution is -0.150. The topological polar surface area (TPSA) is 160 Å². The number of amides is 1. The number of esters is 3. The molecular formula is C71H135NO11. The molecule has 0 spiro atoms. The first-order valence-corrected chi connectivity index (χ1v) is 35.2. The van der Waals surface area contributed by atoms with Gasteiger partial charge in [0, 0.05) is 69.7 Å². The van der Waals surface area contributed by atoms with Crippen molar-refractivity contribution in [2.45, 2.75) is 371 Å². The molecule has 83 heavy (non-hydrogen) atoms. The second-order valence-corrected chi connectivity index (χ2v) is 23.7. The first kappa shape index (κ1) is 83.9. The van der Waals surface area contributed by atoms with Gasteiger partial charge < -0.3 is 23.8 Å². The van der Waals surface area contributed by atoms with Crippen molar-refractivity contribution in [3.05, 3.63) is 0 Å². The Bertz CT molecular complexity index is 1490. The van der Waals surface area contributed by atoms with Crippen LogP contribution in [0.25, 0.3) is 0 Å². The summed E-state index contributed by atoms with van der Waals surface area (Å²) >= 11 is 0. The molecule has 12 heteroatoms. The van der Waals surface area contributed by atoms with Crippen LogP contribution in [-0.4, -0.2) is 84.8 Å². The average molecular weight is 1180 g/mol. The van der Waals surface area contributed by atoms with E-state index >= 15 is 0 Å². The van der Waals surface area contributed by atoms with Gasteiger partial charge in [-0.2, -0.15) is 0 Å². The number of ether oxygens (including phenoxy) is 4. The predicted octanol–water partition coefficient (Wildman–Crippen LogP) is 20.3. The number of likely N-dealkylation sites (tertiary alicyclic amines) is 1. The third kappa shape index (κ3) is 52.7. The molecule has 2 fully saturated rings. The van der Waals surface area contributed by atoms with E-state index in [0.717, 1.165) is 83.5 Å². The molecule has 0 aromatic rings. The van der Waals surface area contributed by atoms with Crippen LogP contribution in [0.1, 0.15) is 359 Å². The van der Waals surface area contributed by atoms with Crippen LogP contribution in [0.4, 0.5) is 4.79 Å². The van der Waals surface area contributed by atoms with Crippen LogP contribution in [0.15, 0.2) is 0 Å². The van der Waals surface area contributed by atoms with E-state index in [4.69, 9.17) is 18.9 Å². The highest BCUT2D eigenvalue weighted by Crippen LogP contribution is 2.31. The first-order valence-electron chi connectivity index (χ1n) is 35.2. The monoisotopic (exact) mass is 1180 g/mol. The Hall–Kier alpha value is -3.31. The number of carbonyl (C=O) groups excluding carboxylic acids is 7. The summed E-state index contributed by atoms with van der Waals surface area (Å²) in [7, 11) is 0. The van der Waals surface area contributed by atoms with Crippen molar-refractivity contribution in [2.24, 2.45) is 17.8 Å². The molecule has 1 heterocycles. The Kier molecular flexibility index (Phi) is 63.9. The summed E-state index contributed by atoms with van der Waals surface area (Å²) in [6, 6.07) is -0.0161. The van der Waals surface area contributed by atoms with Gasteiger partial charge in [0.1, 0.15) is 23.5 Å². The number of rotatable bonds is 48. The van der Waals surface area contributed by atoms with Crippen molar-refractivity contribution in [3.8, 4) is 0 Å². The summed E-state index contributed by atoms with van der Waals surface area (Å²) in [5, 5.41) is 0. The Labute approximate surface area is 512 Å². The van der Waals surface area contributed by atoms with Crippen LogP contribution in [0, 0.1) is 17.8 Å². The summed E-state index contributed by atoms with van der Waals surface area (Å²) in [6.07, 6.45) is 41.5. The predicted molar refractivity (Wildman–Crippen MR) is 346 cm³/mol. The molecule has 0 N–H and O–H groups in total. The standard InChI is InChI=1S/C29H51NO6.C27H48O5.C9H20.C4H10.C2H6/c1-5-9-10-11-12-13-14-16-26(32)19-23(18-25(31)15-6-2)20-28(33)36-27-21-24(8-4)30(22-27)29(34)35-17-7-3;1-3-5-7-9-11-13-18-31-26(29)21-23(20-25(28)24-16-15-17-24)22-27(30)32-19-14-12-10-8-6-4-2;1-3-5-7-9-8-6-4-2;1-3-4-2;1-2/h23-24,27H,5-22H2,1-4H3;23-24H,3-22H2,1-2H3;3-9H2,1-2H3;3-4H2,1-2H3;1-2H3. The van der Waals surface area contributed by atoms with E-state index < -0.39 is 5.97 Å². The van der Waals surface area contributed by atoms with Crippen LogP contribution >= 0.6 is 0 Å². The van der Waals surface area contributed by atoms with E-state index in [-0.39, 0.29) is 104 Å². The maximum Gasteiger partial charge on any atom is 0.410 e. The van der Waals surface area contributed by atoms with Gasteiger partial charge in [-0.3, -0.25) is 28.8 Å². The van der Waals surface area contributed by atoms with Crippen LogP contribution in [0.3, 0.4) is 0 Å². The number of hydrogen-bond donors (Lipinski definition) is 0. The molecule has 3 atom stereocenters. The van der Waals surface area contributed by atoms with Crippen molar-refractivity contribution in [3.63, 3.8) is 0 Å². The normalized spacial score (nSPS) is 14.7. The second-order valence-electron chi connectivity index (χ2n) is 23.7. The minimum Gasteiger partial charge on any atom is -0.466 e. The zero-order valence-electron chi connectivity index (χ0n) is 56.6. The van der Waals surface area contributed by atoms with Gasteiger partial charge in [0.15, 0.2) is 0 Å². The van der Waals surface area contributed by atoms with Gasteiger partial charge in [0.05, 0.1) is 26.4 Å². The van der Waals surface area contributed by atoms with Gasteiger partial charge in [0.2, 0.25) is 0 Å². The fourth-order valence-corrected chi connectivity index (χ4v) is 10.1. The Morgan fingerprint density at radius 3 is 1.18 bits per heavy atom. The summed E-state index contributed by atoms with van der Waals surface area (Å²) in [5.74, 6) is -1.08. The van der Waals surface area contributed by atoms with Crippen LogP contribution in [0.5, 0.6) is 0 Å². The van der Waals surface area contributed by atoms with Crippen LogP contribution in [0.2, 0.25) is 0 Å². The number of hydrogen-bond acceptors (Lipinski definition) is 11. The average Bonchev–Trinajstić information content (AvgIpc) is 3.87. The fourth-order valence-electron chi connectivity index (χ4n) is 10.1. The Morgan fingerprint density at radius 1 is 0.398 bits per heavy atom. The minimum atomic E-state index is -0.392. The summed E-state index contributed by atoms with van der Waals surface area (Å²) in [5.41, 5.74) is 0. The SMILES string of the molecule is CC.CCCC.CCCCCCCCC.CCCCCCCCCC(=O)CC(CC(=O)CCC)CC(=O)OC1CC(CC)N(C(=O)OCCC)C1.CCCCCCCCOC(=O)CC(CC(=O)OCCCCCCCC)CC(=O)C1CCC1. The van der Waals surface area contributed by atoms with Gasteiger partial charge >= 0.3 is 24.0 Å². The third-order valence-electron chi connectivity index (χ3n) is 15.6. The molecule has 3 unspecified atom stereocenters. The molecule has 0 radical (unpaired) electrons. The largest absolute Gasteiger partial charge is 0.466 e. The van der Waals surface area contributed by atoms with E-state index in [1.54, 1.807) is 4.90 Å². The molecule has 0 aromatic heterocycles. The molecule has 1 aliphatic carbocycles. The van der Waals surface area contributed by atoms with E-state index in [1.165, 1.54) is 135 Å². The summed E-state index contributed by atoms with van der Waals surface area (Å²) < 4.78 is 21.8. The highest BCUT2D eigenvalue weighted by atomic mass is 16.6. The first-order chi connectivity index (χ1) is 40.2. The van der Waals surface area contributed by atoms with Crippen molar-refractivity contribution >= 4 is 41.4 Å². The highest BCUT2D eigenvalue weighted by molar-refractivity contribution is 5.84. The second kappa shape index (κ2) is 63.2. The zero-order chi connectivity index (χ0) is 62.6. The molecule has 2 aliphatic rings. The van der Waals surface area contributed by atoms with E-state index in [2.05, 4.69) is 48.5 Å². The highest BCUT2D eigenvalue weighted by Gasteiger charge is 2.37. The van der Waals surface area contributed by atoms with Crippen molar-refractivity contribution in [2.75, 3.05) is 26.4 Å². The lowest BCUT2D eigenvalue weighted by Crippen LogP contribution is -2.36. The minimum absolute atomic E-state index is 0.0161. The van der Waals surface area contributed by atoms with Crippen LogP contribution in [-0.2, 0) is 47.7 Å². The lowest BCUT2D eigenvalue weighted by Gasteiger charge is -2.25. The van der Waals surface area contributed by atoms with Crippen molar-refractivity contribution in [1.82, 2.24) is 4.90 Å². The molecule has 1 aliphatic heterocycles. The maximum absolute atomic E-state index is 12.8. The molecule has 490 valence electrons. The number of unbranched alkanes of at least 4 members (excludes halogenated alkanes) is 23. The van der Waals surface area contributed by atoms with Crippen LogP contribution < -0.4 is 0 Å². The molecular weight excluding hydrogens is 1040 g/mol. The van der Waals surface area contributed by atoms with Gasteiger partial charge in [0.25, 0.3) is 0 Å². The molecule has 0 bridgehead atoms. The van der Waals surface area contributed by atoms with Crippen molar-refractivity contribution < 1.29 is 52.5 Å². The molecule has 1 amide bonds. The lowest BCUT2D eigenvalue weighted by atomic mass is 9.78. The Morgan fingerprint density at radius 2 is 0.795 bits per heavy atom. The quantitative estimate of drug-likeness (QED) is 0.0324. The van der Waals surface area contributed by atoms with E-state index in [9.17, 15) is 33.6 Å². The molecule has 12 nitrogen and oxygen atoms in total. The maximum atomic E-state index is 12.8. The van der Waals surface area contributed by atoms with E-state index in [0.29, 0.717) is 45.6 Å². The van der Waals surface area contributed by atoms with Crippen molar-refractivity contribution in [1.29, 1.82) is 0 Å². The third-order valence-corrected chi connectivity index (χ3v) is 15.6. The zero-order valence-corrected chi connectivity index (χ0v) is 56.6. The van der Waals surface area contributed by atoms with Gasteiger partial charge in [-0.1, -0.05) is 250 Å².